The van der Waals surface area contributed by atoms with Crippen LogP contribution in [0.5, 0.6) is 0 Å². The predicted molar refractivity (Wildman–Crippen MR) is 134 cm³/mol. The van der Waals surface area contributed by atoms with Crippen molar-refractivity contribution >= 4 is 34.1 Å². The van der Waals surface area contributed by atoms with Crippen LogP contribution in [0.2, 0.25) is 5.02 Å². The number of aromatic amines is 1. The molecule has 2 aromatic heterocycles. The van der Waals surface area contributed by atoms with Crippen LogP contribution in [-0.2, 0) is 11.3 Å². The van der Waals surface area contributed by atoms with E-state index in [0.717, 1.165) is 11.3 Å². The van der Waals surface area contributed by atoms with Gasteiger partial charge >= 0.3 is 0 Å². The van der Waals surface area contributed by atoms with Gasteiger partial charge in [-0.1, -0.05) is 35.9 Å². The number of carbonyl (C=O) groups excluding carboxylic acids is 1. The smallest absolute Gasteiger partial charge is 0.260 e. The van der Waals surface area contributed by atoms with E-state index in [1.54, 1.807) is 42.7 Å². The summed E-state index contributed by atoms with van der Waals surface area (Å²) in [6.45, 7) is 2.11. The van der Waals surface area contributed by atoms with E-state index in [-0.39, 0.29) is 17.5 Å². The number of amides is 1. The van der Waals surface area contributed by atoms with Gasteiger partial charge in [-0.3, -0.25) is 14.5 Å². The summed E-state index contributed by atoms with van der Waals surface area (Å²) in [4.78, 5) is 35.3. The maximum Gasteiger partial charge on any atom is 0.260 e. The minimum Gasteiger partial charge on any atom is -0.467 e. The molecule has 0 radical (unpaired) electrons. The molecule has 35 heavy (non-hydrogen) atoms. The van der Waals surface area contributed by atoms with Crippen LogP contribution in [0.1, 0.15) is 36.5 Å². The molecule has 3 heterocycles. The van der Waals surface area contributed by atoms with E-state index in [1.807, 2.05) is 43.1 Å². The maximum absolute atomic E-state index is 13.6. The highest BCUT2D eigenvalue weighted by Crippen LogP contribution is 2.34. The number of halogens is 1. The van der Waals surface area contributed by atoms with E-state index < -0.39 is 6.04 Å². The van der Waals surface area contributed by atoms with Gasteiger partial charge in [-0.2, -0.15) is 5.10 Å². The minimum absolute atomic E-state index is 0.180. The maximum atomic E-state index is 13.6. The van der Waals surface area contributed by atoms with Crippen molar-refractivity contribution in [1.29, 1.82) is 0 Å². The van der Waals surface area contributed by atoms with Gasteiger partial charge in [0.05, 0.1) is 35.5 Å². The van der Waals surface area contributed by atoms with Gasteiger partial charge in [-0.25, -0.2) is 9.99 Å². The van der Waals surface area contributed by atoms with Crippen LogP contribution >= 0.6 is 11.6 Å². The molecular formula is C26H24ClN5O3. The average Bonchev–Trinajstić information content (AvgIpc) is 3.54. The highest BCUT2D eigenvalue weighted by molar-refractivity contribution is 6.30. The SMILES string of the molecule is C[C@H](C(=O)N1N=C(c2ccc(Cl)cc2)C[C@@H]1c1ccco1)N(C)Cc1nc2ccccc2c(=O)[nH]1. The summed E-state index contributed by atoms with van der Waals surface area (Å²) < 4.78 is 5.64. The fourth-order valence-corrected chi connectivity index (χ4v) is 4.32. The number of fused-ring (bicyclic) bond motifs is 1. The Labute approximate surface area is 206 Å². The Morgan fingerprint density at radius 2 is 1.97 bits per heavy atom. The summed E-state index contributed by atoms with van der Waals surface area (Å²) in [6, 6.07) is 17.3. The molecule has 1 aliphatic rings. The number of likely N-dealkylation sites (N-methyl/N-ethyl adjacent to an activating group) is 1. The van der Waals surface area contributed by atoms with Gasteiger partial charge in [0.1, 0.15) is 17.6 Å². The lowest BCUT2D eigenvalue weighted by atomic mass is 10.0. The largest absolute Gasteiger partial charge is 0.467 e. The van der Waals surface area contributed by atoms with Crippen molar-refractivity contribution in [3.05, 3.63) is 99.5 Å². The first-order valence-electron chi connectivity index (χ1n) is 11.3. The molecule has 8 nitrogen and oxygen atoms in total. The Balaban J connectivity index is 1.39. The summed E-state index contributed by atoms with van der Waals surface area (Å²) >= 11 is 6.04. The predicted octanol–water partition coefficient (Wildman–Crippen LogP) is 4.37. The number of carbonyl (C=O) groups is 1. The van der Waals surface area contributed by atoms with Gasteiger partial charge in [-0.05, 0) is 55.9 Å². The van der Waals surface area contributed by atoms with E-state index in [4.69, 9.17) is 16.0 Å². The molecular weight excluding hydrogens is 466 g/mol. The van der Waals surface area contributed by atoms with E-state index in [0.29, 0.717) is 40.5 Å². The third-order valence-corrected chi connectivity index (χ3v) is 6.52. The molecule has 1 N–H and O–H groups in total. The molecule has 0 aliphatic carbocycles. The first-order valence-corrected chi connectivity index (χ1v) is 11.7. The van der Waals surface area contributed by atoms with Crippen LogP contribution < -0.4 is 5.56 Å². The number of rotatable bonds is 6. The zero-order valence-electron chi connectivity index (χ0n) is 19.3. The summed E-state index contributed by atoms with van der Waals surface area (Å²) in [6.07, 6.45) is 2.12. The van der Waals surface area contributed by atoms with Gasteiger partial charge < -0.3 is 9.40 Å². The van der Waals surface area contributed by atoms with Crippen molar-refractivity contribution < 1.29 is 9.21 Å². The summed E-state index contributed by atoms with van der Waals surface area (Å²) in [5.41, 5.74) is 2.10. The first-order chi connectivity index (χ1) is 16.9. The number of furan rings is 1. The van der Waals surface area contributed by atoms with Crippen molar-refractivity contribution in [2.45, 2.75) is 32.0 Å². The van der Waals surface area contributed by atoms with E-state index in [9.17, 15) is 9.59 Å². The molecule has 9 heteroatoms. The molecule has 178 valence electrons. The lowest BCUT2D eigenvalue weighted by molar-refractivity contribution is -0.138. The highest BCUT2D eigenvalue weighted by Gasteiger charge is 2.37. The van der Waals surface area contributed by atoms with Gasteiger partial charge in [0, 0.05) is 11.4 Å². The molecule has 0 saturated heterocycles. The van der Waals surface area contributed by atoms with Crippen LogP contribution in [-0.4, -0.2) is 44.6 Å². The van der Waals surface area contributed by atoms with Crippen molar-refractivity contribution in [1.82, 2.24) is 19.9 Å². The summed E-state index contributed by atoms with van der Waals surface area (Å²) in [5, 5.41) is 7.36. The van der Waals surface area contributed by atoms with Crippen molar-refractivity contribution in [2.75, 3.05) is 7.05 Å². The van der Waals surface area contributed by atoms with Crippen molar-refractivity contribution in [3.8, 4) is 0 Å². The number of hydrazone groups is 1. The number of nitrogens with zero attached hydrogens (tertiary/aromatic N) is 4. The number of aromatic nitrogens is 2. The van der Waals surface area contributed by atoms with Gasteiger partial charge in [0.25, 0.3) is 11.5 Å². The lowest BCUT2D eigenvalue weighted by Gasteiger charge is -2.28. The second kappa shape index (κ2) is 9.48. The average molecular weight is 490 g/mol. The second-order valence-electron chi connectivity index (χ2n) is 8.59. The Morgan fingerprint density at radius 3 is 2.71 bits per heavy atom. The molecule has 0 bridgehead atoms. The van der Waals surface area contributed by atoms with E-state index >= 15 is 0 Å². The Morgan fingerprint density at radius 1 is 1.20 bits per heavy atom. The highest BCUT2D eigenvalue weighted by atomic mass is 35.5. The van der Waals surface area contributed by atoms with Crippen molar-refractivity contribution in [2.24, 2.45) is 5.10 Å². The fourth-order valence-electron chi connectivity index (χ4n) is 4.20. The molecule has 1 aliphatic heterocycles. The number of para-hydroxylation sites is 1. The van der Waals surface area contributed by atoms with Gasteiger partial charge in [-0.15, -0.1) is 0 Å². The molecule has 0 fully saturated rings. The van der Waals surface area contributed by atoms with Crippen LogP contribution in [0.15, 0.2) is 81.2 Å². The number of hydrogen-bond acceptors (Lipinski definition) is 6. The molecule has 1 amide bonds. The molecule has 2 atom stereocenters. The fraction of sp³-hybridized carbons (Fsp3) is 0.231. The van der Waals surface area contributed by atoms with Gasteiger partial charge in [0.15, 0.2) is 0 Å². The topological polar surface area (TPSA) is 94.8 Å². The monoisotopic (exact) mass is 489 g/mol. The van der Waals surface area contributed by atoms with Gasteiger partial charge in [0.2, 0.25) is 0 Å². The van der Waals surface area contributed by atoms with E-state index in [2.05, 4.69) is 15.1 Å². The Kier molecular flexibility index (Phi) is 6.23. The summed E-state index contributed by atoms with van der Waals surface area (Å²) in [7, 11) is 1.82. The minimum atomic E-state index is -0.530. The van der Waals surface area contributed by atoms with Crippen LogP contribution in [0, 0.1) is 0 Å². The van der Waals surface area contributed by atoms with Crippen LogP contribution in [0.3, 0.4) is 0 Å². The normalized spacial score (nSPS) is 16.6. The number of hydrogen-bond donors (Lipinski definition) is 1. The van der Waals surface area contributed by atoms with Crippen LogP contribution in [0.4, 0.5) is 0 Å². The van der Waals surface area contributed by atoms with Crippen molar-refractivity contribution in [3.63, 3.8) is 0 Å². The number of H-pyrrole nitrogens is 1. The lowest BCUT2D eigenvalue weighted by Crippen LogP contribution is -2.43. The number of nitrogens with one attached hydrogen (secondary N) is 1. The van der Waals surface area contributed by atoms with E-state index in [1.165, 1.54) is 5.01 Å². The Hall–Kier alpha value is -3.75. The molecule has 0 saturated carbocycles. The molecule has 0 unspecified atom stereocenters. The zero-order chi connectivity index (χ0) is 24.5. The van der Waals surface area contributed by atoms with Crippen LogP contribution in [0.25, 0.3) is 10.9 Å². The third kappa shape index (κ3) is 4.62. The molecule has 0 spiro atoms. The first kappa shape index (κ1) is 23.0. The molecule has 2 aromatic carbocycles. The Bertz CT molecular complexity index is 1450. The molecule has 4 aromatic rings. The standard InChI is InChI=1S/C26H24ClN5O3/c1-16(31(2)15-24-28-20-7-4-3-6-19(20)25(33)29-24)26(34)32-22(23-8-5-13-35-23)14-21(30-32)17-9-11-18(27)12-10-17/h3-13,16,22H,14-15H2,1-2H3,(H,28,29,33)/t16-,22-/m1/s1. The summed E-state index contributed by atoms with van der Waals surface area (Å²) in [5.74, 6) is 0.979. The number of benzene rings is 2. The molecule has 5 rings (SSSR count). The zero-order valence-corrected chi connectivity index (χ0v) is 20.1. The third-order valence-electron chi connectivity index (χ3n) is 6.26. The second-order valence-corrected chi connectivity index (χ2v) is 9.03. The quantitative estimate of drug-likeness (QED) is 0.434.